The van der Waals surface area contributed by atoms with Gasteiger partial charge in [-0.15, -0.1) is 0 Å². The summed E-state index contributed by atoms with van der Waals surface area (Å²) in [5, 5.41) is 9.01. The van der Waals surface area contributed by atoms with Gasteiger partial charge in [-0.05, 0) is 32.6 Å². The van der Waals surface area contributed by atoms with Crippen LogP contribution in [0.5, 0.6) is 0 Å². The van der Waals surface area contributed by atoms with E-state index in [9.17, 15) is 14.4 Å². The SMILES string of the molecule is CC1CCC(C(N)=O)CN1C(=O)C1CCC1C(=O)O. The molecule has 2 amide bonds. The fourth-order valence-corrected chi connectivity index (χ4v) is 2.95. The van der Waals surface area contributed by atoms with Crippen molar-refractivity contribution in [2.45, 2.75) is 38.6 Å². The van der Waals surface area contributed by atoms with E-state index in [-0.39, 0.29) is 23.8 Å². The highest BCUT2D eigenvalue weighted by Gasteiger charge is 2.45. The van der Waals surface area contributed by atoms with Crippen molar-refractivity contribution in [1.82, 2.24) is 4.90 Å². The van der Waals surface area contributed by atoms with E-state index in [1.165, 1.54) is 0 Å². The van der Waals surface area contributed by atoms with Gasteiger partial charge in [0, 0.05) is 12.6 Å². The first kappa shape index (κ1) is 13.8. The van der Waals surface area contributed by atoms with Gasteiger partial charge in [-0.1, -0.05) is 0 Å². The molecule has 0 aromatic carbocycles. The predicted octanol–water partition coefficient (Wildman–Crippen LogP) is 0.210. The second-order valence-corrected chi connectivity index (χ2v) is 5.64. The Balaban J connectivity index is 2.04. The zero-order valence-electron chi connectivity index (χ0n) is 11.0. The number of primary amides is 1. The second kappa shape index (κ2) is 5.19. The highest BCUT2D eigenvalue weighted by Crippen LogP contribution is 2.37. The first-order valence-electron chi connectivity index (χ1n) is 6.74. The Morgan fingerprint density at radius 1 is 1.11 bits per heavy atom. The third-order valence-electron chi connectivity index (χ3n) is 4.48. The Morgan fingerprint density at radius 2 is 1.74 bits per heavy atom. The molecule has 106 valence electrons. The molecule has 1 aliphatic heterocycles. The molecule has 1 saturated heterocycles. The first-order chi connectivity index (χ1) is 8.91. The maximum atomic E-state index is 12.4. The van der Waals surface area contributed by atoms with Gasteiger partial charge < -0.3 is 15.7 Å². The van der Waals surface area contributed by atoms with Crippen molar-refractivity contribution < 1.29 is 19.5 Å². The van der Waals surface area contributed by atoms with Crippen LogP contribution in [-0.2, 0) is 14.4 Å². The van der Waals surface area contributed by atoms with E-state index in [4.69, 9.17) is 10.8 Å². The highest BCUT2D eigenvalue weighted by molar-refractivity contribution is 5.87. The Labute approximate surface area is 111 Å². The van der Waals surface area contributed by atoms with Gasteiger partial charge in [0.25, 0.3) is 0 Å². The summed E-state index contributed by atoms with van der Waals surface area (Å²) >= 11 is 0. The van der Waals surface area contributed by atoms with Crippen LogP contribution in [0.15, 0.2) is 0 Å². The van der Waals surface area contributed by atoms with E-state index < -0.39 is 17.8 Å². The first-order valence-corrected chi connectivity index (χ1v) is 6.74. The van der Waals surface area contributed by atoms with E-state index in [0.29, 0.717) is 25.8 Å². The summed E-state index contributed by atoms with van der Waals surface area (Å²) in [6.07, 6.45) is 2.63. The van der Waals surface area contributed by atoms with Crippen LogP contribution < -0.4 is 5.73 Å². The van der Waals surface area contributed by atoms with Crippen molar-refractivity contribution >= 4 is 17.8 Å². The number of nitrogens with zero attached hydrogens (tertiary/aromatic N) is 1. The molecule has 0 bridgehead atoms. The fourth-order valence-electron chi connectivity index (χ4n) is 2.95. The molecule has 3 N–H and O–H groups in total. The molecule has 4 unspecified atom stereocenters. The summed E-state index contributed by atoms with van der Waals surface area (Å²) in [6.45, 7) is 2.27. The Kier molecular flexibility index (Phi) is 3.78. The standard InChI is InChI=1S/C13H20N2O4/c1-7-2-3-8(11(14)16)6-15(7)12(17)9-4-5-10(9)13(18)19/h7-10H,2-6H2,1H3,(H2,14,16)(H,18,19). The van der Waals surface area contributed by atoms with Gasteiger partial charge in [0.2, 0.25) is 11.8 Å². The quantitative estimate of drug-likeness (QED) is 0.764. The highest BCUT2D eigenvalue weighted by atomic mass is 16.4. The van der Waals surface area contributed by atoms with Crippen molar-refractivity contribution in [2.24, 2.45) is 23.5 Å². The van der Waals surface area contributed by atoms with Crippen LogP contribution in [0.25, 0.3) is 0 Å². The van der Waals surface area contributed by atoms with E-state index >= 15 is 0 Å². The molecule has 0 aromatic heterocycles. The number of carboxylic acids is 1. The maximum absolute atomic E-state index is 12.4. The summed E-state index contributed by atoms with van der Waals surface area (Å²) < 4.78 is 0. The smallest absolute Gasteiger partial charge is 0.307 e. The Morgan fingerprint density at radius 3 is 2.21 bits per heavy atom. The maximum Gasteiger partial charge on any atom is 0.307 e. The van der Waals surface area contributed by atoms with Gasteiger partial charge in [-0.2, -0.15) is 0 Å². The van der Waals surface area contributed by atoms with Gasteiger partial charge in [-0.3, -0.25) is 14.4 Å². The van der Waals surface area contributed by atoms with Crippen LogP contribution in [0, 0.1) is 17.8 Å². The largest absolute Gasteiger partial charge is 0.481 e. The monoisotopic (exact) mass is 268 g/mol. The Bertz CT molecular complexity index is 409. The van der Waals surface area contributed by atoms with Crippen LogP contribution in [0.1, 0.15) is 32.6 Å². The number of nitrogens with two attached hydrogens (primary N) is 1. The second-order valence-electron chi connectivity index (χ2n) is 5.64. The van der Waals surface area contributed by atoms with Crippen LogP contribution >= 0.6 is 0 Å². The van der Waals surface area contributed by atoms with Crippen LogP contribution in [0.4, 0.5) is 0 Å². The van der Waals surface area contributed by atoms with Gasteiger partial charge in [-0.25, -0.2) is 0 Å². The number of hydrogen-bond acceptors (Lipinski definition) is 3. The normalized spacial score (nSPS) is 34.5. The number of carbonyl (C=O) groups is 3. The fraction of sp³-hybridized carbons (Fsp3) is 0.769. The van der Waals surface area contributed by atoms with E-state index in [1.54, 1.807) is 4.90 Å². The molecule has 4 atom stereocenters. The van der Waals surface area contributed by atoms with Crippen LogP contribution in [-0.4, -0.2) is 40.4 Å². The molecule has 6 heteroatoms. The minimum absolute atomic E-state index is 0.0538. The number of rotatable bonds is 3. The zero-order valence-corrected chi connectivity index (χ0v) is 11.0. The van der Waals surface area contributed by atoms with Crippen LogP contribution in [0.3, 0.4) is 0 Å². The number of aliphatic carboxylic acids is 1. The van der Waals surface area contributed by atoms with Crippen molar-refractivity contribution in [3.63, 3.8) is 0 Å². The molecule has 0 radical (unpaired) electrons. The molecule has 1 heterocycles. The lowest BCUT2D eigenvalue weighted by Gasteiger charge is -2.42. The van der Waals surface area contributed by atoms with Crippen molar-refractivity contribution in [1.29, 1.82) is 0 Å². The molecule has 0 spiro atoms. The predicted molar refractivity (Wildman–Crippen MR) is 66.9 cm³/mol. The minimum Gasteiger partial charge on any atom is -0.481 e. The van der Waals surface area contributed by atoms with E-state index in [1.807, 2.05) is 6.92 Å². The molecule has 6 nitrogen and oxygen atoms in total. The summed E-state index contributed by atoms with van der Waals surface area (Å²) in [5.41, 5.74) is 5.30. The number of carboxylic acid groups (broad SMARTS) is 1. The topological polar surface area (TPSA) is 101 Å². The Hall–Kier alpha value is -1.59. The number of hydrogen-bond donors (Lipinski definition) is 2. The van der Waals surface area contributed by atoms with Gasteiger partial charge in [0.15, 0.2) is 0 Å². The third kappa shape index (κ3) is 2.57. The molecule has 2 aliphatic rings. The summed E-state index contributed by atoms with van der Waals surface area (Å²) in [4.78, 5) is 36.3. The minimum atomic E-state index is -0.902. The number of likely N-dealkylation sites (tertiary alicyclic amines) is 1. The number of carbonyl (C=O) groups excluding carboxylic acids is 2. The average molecular weight is 268 g/mol. The lowest BCUT2D eigenvalue weighted by molar-refractivity contribution is -0.159. The number of piperidine rings is 1. The van der Waals surface area contributed by atoms with Gasteiger partial charge >= 0.3 is 5.97 Å². The summed E-state index contributed by atoms with van der Waals surface area (Å²) in [5.74, 6) is -2.70. The molecule has 19 heavy (non-hydrogen) atoms. The average Bonchev–Trinajstić information content (AvgIpc) is 2.26. The molecule has 0 aromatic rings. The third-order valence-corrected chi connectivity index (χ3v) is 4.48. The lowest BCUT2D eigenvalue weighted by Crippen LogP contribution is -2.53. The zero-order chi connectivity index (χ0) is 14.2. The van der Waals surface area contributed by atoms with Crippen molar-refractivity contribution in [3.8, 4) is 0 Å². The van der Waals surface area contributed by atoms with Crippen molar-refractivity contribution in [2.75, 3.05) is 6.54 Å². The molecule has 2 fully saturated rings. The molecule has 1 saturated carbocycles. The van der Waals surface area contributed by atoms with Crippen LogP contribution in [0.2, 0.25) is 0 Å². The summed E-state index contributed by atoms with van der Waals surface area (Å²) in [7, 11) is 0. The van der Waals surface area contributed by atoms with Crippen molar-refractivity contribution in [3.05, 3.63) is 0 Å². The molecule has 1 aliphatic carbocycles. The van der Waals surface area contributed by atoms with Gasteiger partial charge in [0.1, 0.15) is 0 Å². The van der Waals surface area contributed by atoms with Gasteiger partial charge in [0.05, 0.1) is 17.8 Å². The molecular formula is C13H20N2O4. The van der Waals surface area contributed by atoms with E-state index in [2.05, 4.69) is 0 Å². The molecular weight excluding hydrogens is 248 g/mol. The molecule has 2 rings (SSSR count). The number of amides is 2. The summed E-state index contributed by atoms with van der Waals surface area (Å²) in [6, 6.07) is 0.0538. The lowest BCUT2D eigenvalue weighted by atomic mass is 9.72. The van der Waals surface area contributed by atoms with E-state index in [0.717, 1.165) is 6.42 Å².